The first-order valence-electron chi connectivity index (χ1n) is 7.21. The minimum atomic E-state index is 0.203. The van der Waals surface area contributed by atoms with Gasteiger partial charge in [-0.25, -0.2) is 4.98 Å². The standard InChI is InChI=1S/C17H15N3OS/c1-11-9-19-14-8-12(5-6-16(14)21-11)17-20-15(10-22-17)13-4-2-3-7-18-13/h2-8,10-11,19H,9H2,1H3. The molecular formula is C17H15N3OS. The van der Waals surface area contributed by atoms with Gasteiger partial charge in [-0.3, -0.25) is 4.98 Å². The summed E-state index contributed by atoms with van der Waals surface area (Å²) in [7, 11) is 0. The molecule has 4 rings (SSSR count). The van der Waals surface area contributed by atoms with Crippen molar-refractivity contribution in [2.45, 2.75) is 13.0 Å². The maximum atomic E-state index is 5.81. The summed E-state index contributed by atoms with van der Waals surface area (Å²) >= 11 is 1.63. The van der Waals surface area contributed by atoms with Gasteiger partial charge >= 0.3 is 0 Å². The van der Waals surface area contributed by atoms with E-state index in [-0.39, 0.29) is 6.10 Å². The predicted molar refractivity (Wildman–Crippen MR) is 89.4 cm³/mol. The zero-order valence-corrected chi connectivity index (χ0v) is 12.9. The summed E-state index contributed by atoms with van der Waals surface area (Å²) < 4.78 is 5.81. The first-order valence-corrected chi connectivity index (χ1v) is 8.09. The van der Waals surface area contributed by atoms with E-state index in [9.17, 15) is 0 Å². The molecule has 0 amide bonds. The molecule has 3 heterocycles. The molecule has 1 unspecified atom stereocenters. The summed E-state index contributed by atoms with van der Waals surface area (Å²) in [6.07, 6.45) is 1.99. The van der Waals surface area contributed by atoms with Crippen LogP contribution < -0.4 is 10.1 Å². The lowest BCUT2D eigenvalue weighted by atomic mass is 10.1. The highest BCUT2D eigenvalue weighted by Gasteiger charge is 2.16. The molecule has 0 fully saturated rings. The van der Waals surface area contributed by atoms with E-state index in [0.29, 0.717) is 0 Å². The van der Waals surface area contributed by atoms with E-state index >= 15 is 0 Å². The average molecular weight is 309 g/mol. The van der Waals surface area contributed by atoms with Crippen LogP contribution in [0, 0.1) is 0 Å². The van der Waals surface area contributed by atoms with Gasteiger partial charge in [-0.15, -0.1) is 11.3 Å². The monoisotopic (exact) mass is 309 g/mol. The van der Waals surface area contributed by atoms with Gasteiger partial charge in [0.25, 0.3) is 0 Å². The molecule has 0 saturated heterocycles. The number of hydrogen-bond acceptors (Lipinski definition) is 5. The second-order valence-corrected chi connectivity index (χ2v) is 6.13. The number of benzene rings is 1. The normalized spacial score (nSPS) is 16.5. The van der Waals surface area contributed by atoms with E-state index in [1.807, 2.05) is 29.6 Å². The molecule has 0 spiro atoms. The van der Waals surface area contributed by atoms with Gasteiger partial charge in [0.2, 0.25) is 0 Å². The molecule has 2 aromatic heterocycles. The van der Waals surface area contributed by atoms with Crippen LogP contribution in [0.25, 0.3) is 22.0 Å². The van der Waals surface area contributed by atoms with E-state index in [2.05, 4.69) is 29.4 Å². The second kappa shape index (κ2) is 5.42. The van der Waals surface area contributed by atoms with Crippen molar-refractivity contribution >= 4 is 17.0 Å². The van der Waals surface area contributed by atoms with Crippen molar-refractivity contribution in [1.29, 1.82) is 0 Å². The third kappa shape index (κ3) is 2.44. The summed E-state index contributed by atoms with van der Waals surface area (Å²) in [5.74, 6) is 0.906. The Bertz CT molecular complexity index is 801. The summed E-state index contributed by atoms with van der Waals surface area (Å²) in [5.41, 5.74) is 3.94. The third-order valence-corrected chi connectivity index (χ3v) is 4.46. The Hall–Kier alpha value is -2.40. The van der Waals surface area contributed by atoms with E-state index in [1.54, 1.807) is 17.5 Å². The number of pyridine rings is 1. The van der Waals surface area contributed by atoms with Crippen LogP contribution in [0.15, 0.2) is 48.0 Å². The number of ether oxygens (including phenoxy) is 1. The van der Waals surface area contributed by atoms with Crippen molar-refractivity contribution in [3.8, 4) is 27.7 Å². The van der Waals surface area contributed by atoms with E-state index < -0.39 is 0 Å². The molecule has 1 aliphatic heterocycles. The van der Waals surface area contributed by atoms with Gasteiger partial charge < -0.3 is 10.1 Å². The smallest absolute Gasteiger partial charge is 0.142 e. The fourth-order valence-electron chi connectivity index (χ4n) is 2.45. The van der Waals surface area contributed by atoms with Gasteiger partial charge in [0.15, 0.2) is 0 Å². The van der Waals surface area contributed by atoms with Crippen molar-refractivity contribution in [2.75, 3.05) is 11.9 Å². The molecular weight excluding hydrogens is 294 g/mol. The molecule has 1 N–H and O–H groups in total. The Morgan fingerprint density at radius 3 is 3.05 bits per heavy atom. The maximum Gasteiger partial charge on any atom is 0.142 e. The Kier molecular flexibility index (Phi) is 3.27. The zero-order valence-electron chi connectivity index (χ0n) is 12.1. The molecule has 22 heavy (non-hydrogen) atoms. The largest absolute Gasteiger partial charge is 0.487 e. The van der Waals surface area contributed by atoms with Gasteiger partial charge in [0.05, 0.1) is 17.9 Å². The van der Waals surface area contributed by atoms with Crippen LogP contribution in [-0.4, -0.2) is 22.6 Å². The molecule has 0 saturated carbocycles. The summed E-state index contributed by atoms with van der Waals surface area (Å²) in [6, 6.07) is 12.0. The van der Waals surface area contributed by atoms with Crippen molar-refractivity contribution in [3.63, 3.8) is 0 Å². The van der Waals surface area contributed by atoms with Gasteiger partial charge in [-0.1, -0.05) is 6.07 Å². The second-order valence-electron chi connectivity index (χ2n) is 5.27. The molecule has 4 nitrogen and oxygen atoms in total. The summed E-state index contributed by atoms with van der Waals surface area (Å²) in [5, 5.41) is 6.43. The lowest BCUT2D eigenvalue weighted by Gasteiger charge is -2.25. The minimum absolute atomic E-state index is 0.203. The van der Waals surface area contributed by atoms with Gasteiger partial charge in [0, 0.05) is 17.1 Å². The maximum absolute atomic E-state index is 5.81. The predicted octanol–water partition coefficient (Wildman–Crippen LogP) is 4.06. The topological polar surface area (TPSA) is 47.0 Å². The first kappa shape index (κ1) is 13.3. The summed E-state index contributed by atoms with van der Waals surface area (Å²) in [4.78, 5) is 9.05. The van der Waals surface area contributed by atoms with Crippen molar-refractivity contribution in [2.24, 2.45) is 0 Å². The lowest BCUT2D eigenvalue weighted by molar-refractivity contribution is 0.226. The van der Waals surface area contributed by atoms with Crippen LogP contribution in [0.4, 0.5) is 5.69 Å². The van der Waals surface area contributed by atoms with Gasteiger partial charge in [-0.05, 0) is 37.3 Å². The van der Waals surface area contributed by atoms with Crippen LogP contribution in [-0.2, 0) is 0 Å². The molecule has 1 aliphatic rings. The zero-order chi connectivity index (χ0) is 14.9. The molecule has 110 valence electrons. The number of rotatable bonds is 2. The number of aromatic nitrogens is 2. The Balaban J connectivity index is 1.67. The third-order valence-electron chi connectivity index (χ3n) is 3.57. The molecule has 1 aromatic carbocycles. The molecule has 1 atom stereocenters. The SMILES string of the molecule is CC1CNc2cc(-c3nc(-c4ccccn4)cs3)ccc2O1. The van der Waals surface area contributed by atoms with Crippen LogP contribution in [0.1, 0.15) is 6.92 Å². The first-order chi connectivity index (χ1) is 10.8. The minimum Gasteiger partial charge on any atom is -0.487 e. The molecule has 5 heteroatoms. The van der Waals surface area contributed by atoms with E-state index in [0.717, 1.165) is 39.9 Å². The summed E-state index contributed by atoms with van der Waals surface area (Å²) in [6.45, 7) is 2.89. The fourth-order valence-corrected chi connectivity index (χ4v) is 3.27. The van der Waals surface area contributed by atoms with Crippen LogP contribution in [0.2, 0.25) is 0 Å². The molecule has 0 radical (unpaired) electrons. The van der Waals surface area contributed by atoms with Crippen molar-refractivity contribution in [1.82, 2.24) is 9.97 Å². The average Bonchev–Trinajstić information content (AvgIpc) is 3.05. The molecule has 0 bridgehead atoms. The number of fused-ring (bicyclic) bond motifs is 1. The highest BCUT2D eigenvalue weighted by Crippen LogP contribution is 2.35. The van der Waals surface area contributed by atoms with Gasteiger partial charge in [0.1, 0.15) is 22.6 Å². The number of anilines is 1. The number of thiazole rings is 1. The van der Waals surface area contributed by atoms with Crippen LogP contribution in [0.3, 0.4) is 0 Å². The van der Waals surface area contributed by atoms with E-state index in [1.165, 1.54) is 0 Å². The highest BCUT2D eigenvalue weighted by atomic mass is 32.1. The van der Waals surface area contributed by atoms with Crippen LogP contribution >= 0.6 is 11.3 Å². The van der Waals surface area contributed by atoms with Gasteiger partial charge in [-0.2, -0.15) is 0 Å². The van der Waals surface area contributed by atoms with Crippen molar-refractivity contribution < 1.29 is 4.74 Å². The number of nitrogens with zero attached hydrogens (tertiary/aromatic N) is 2. The number of hydrogen-bond donors (Lipinski definition) is 1. The Morgan fingerprint density at radius 1 is 1.23 bits per heavy atom. The quantitative estimate of drug-likeness (QED) is 0.775. The highest BCUT2D eigenvalue weighted by molar-refractivity contribution is 7.13. The lowest BCUT2D eigenvalue weighted by Crippen LogP contribution is -2.27. The fraction of sp³-hybridized carbons (Fsp3) is 0.176. The van der Waals surface area contributed by atoms with Crippen molar-refractivity contribution in [3.05, 3.63) is 48.0 Å². The number of nitrogens with one attached hydrogen (secondary N) is 1. The van der Waals surface area contributed by atoms with Crippen LogP contribution in [0.5, 0.6) is 5.75 Å². The van der Waals surface area contributed by atoms with E-state index in [4.69, 9.17) is 9.72 Å². The Morgan fingerprint density at radius 2 is 2.18 bits per heavy atom. The molecule has 0 aliphatic carbocycles. The molecule has 3 aromatic rings. The Labute approximate surface area is 132 Å².